The molecule has 128 valence electrons. The van der Waals surface area contributed by atoms with Crippen LogP contribution in [-0.2, 0) is 9.53 Å². The van der Waals surface area contributed by atoms with Crippen molar-refractivity contribution in [3.8, 4) is 0 Å². The predicted octanol–water partition coefficient (Wildman–Crippen LogP) is 3.50. The Bertz CT molecular complexity index is 553. The van der Waals surface area contributed by atoms with Gasteiger partial charge in [-0.15, -0.1) is 0 Å². The number of anilines is 2. The molecule has 0 aliphatic carbocycles. The summed E-state index contributed by atoms with van der Waals surface area (Å²) in [7, 11) is 0. The van der Waals surface area contributed by atoms with E-state index >= 15 is 0 Å². The fourth-order valence-electron chi connectivity index (χ4n) is 2.87. The van der Waals surface area contributed by atoms with E-state index in [-0.39, 0.29) is 23.3 Å². The van der Waals surface area contributed by atoms with E-state index in [1.54, 1.807) is 4.90 Å². The molecule has 0 atom stereocenters. The quantitative estimate of drug-likeness (QED) is 0.682. The number of carbonyl (C=O) groups excluding carboxylic acids is 1. The third-order valence-corrected chi connectivity index (χ3v) is 3.85. The van der Waals surface area contributed by atoms with Gasteiger partial charge in [-0.25, -0.2) is 8.78 Å². The number of nitrogens with zero attached hydrogens (tertiary/aromatic N) is 1. The van der Waals surface area contributed by atoms with E-state index in [9.17, 15) is 13.6 Å². The Morgan fingerprint density at radius 3 is 2.26 bits per heavy atom. The SMILES string of the molecule is CC(C)(C)OC(=O)CC1CCN(c2c(F)cc(N)cc2F)CC1. The van der Waals surface area contributed by atoms with E-state index in [1.807, 2.05) is 20.8 Å². The number of rotatable bonds is 3. The average Bonchev–Trinajstić information content (AvgIpc) is 2.37. The van der Waals surface area contributed by atoms with Gasteiger partial charge < -0.3 is 15.4 Å². The van der Waals surface area contributed by atoms with E-state index in [4.69, 9.17) is 10.5 Å². The predicted molar refractivity (Wildman–Crippen MR) is 86.2 cm³/mol. The van der Waals surface area contributed by atoms with E-state index in [0.717, 1.165) is 12.1 Å². The van der Waals surface area contributed by atoms with Crippen LogP contribution in [0.15, 0.2) is 12.1 Å². The van der Waals surface area contributed by atoms with Crippen LogP contribution in [0.1, 0.15) is 40.0 Å². The number of hydrogen-bond acceptors (Lipinski definition) is 4. The summed E-state index contributed by atoms with van der Waals surface area (Å²) in [5.41, 5.74) is 4.98. The third-order valence-electron chi connectivity index (χ3n) is 3.85. The molecular weight excluding hydrogens is 302 g/mol. The molecule has 1 fully saturated rings. The molecule has 6 heteroatoms. The summed E-state index contributed by atoms with van der Waals surface area (Å²) in [5.74, 6) is -1.33. The lowest BCUT2D eigenvalue weighted by atomic mass is 9.93. The Labute approximate surface area is 135 Å². The van der Waals surface area contributed by atoms with E-state index < -0.39 is 17.2 Å². The molecule has 1 aliphatic rings. The minimum absolute atomic E-state index is 0.0325. The van der Waals surface area contributed by atoms with E-state index in [1.165, 1.54) is 0 Å². The fraction of sp³-hybridized carbons (Fsp3) is 0.588. The smallest absolute Gasteiger partial charge is 0.306 e. The maximum Gasteiger partial charge on any atom is 0.306 e. The Balaban J connectivity index is 1.93. The Hall–Kier alpha value is -1.85. The summed E-state index contributed by atoms with van der Waals surface area (Å²) < 4.78 is 33.2. The summed E-state index contributed by atoms with van der Waals surface area (Å²) >= 11 is 0. The molecule has 0 aromatic heterocycles. The van der Waals surface area contributed by atoms with Crippen LogP contribution >= 0.6 is 0 Å². The zero-order chi connectivity index (χ0) is 17.2. The summed E-state index contributed by atoms with van der Waals surface area (Å²) in [5, 5.41) is 0. The van der Waals surface area contributed by atoms with Crippen molar-refractivity contribution in [3.63, 3.8) is 0 Å². The molecule has 0 amide bonds. The number of halogens is 2. The summed E-state index contributed by atoms with van der Waals surface area (Å²) in [6.07, 6.45) is 1.74. The second kappa shape index (κ2) is 6.72. The molecule has 1 heterocycles. The van der Waals surface area contributed by atoms with Gasteiger partial charge in [-0.2, -0.15) is 0 Å². The topological polar surface area (TPSA) is 55.6 Å². The number of nitrogen functional groups attached to an aromatic ring is 1. The lowest BCUT2D eigenvalue weighted by molar-refractivity contribution is -0.156. The Morgan fingerprint density at radius 2 is 1.78 bits per heavy atom. The number of esters is 1. The van der Waals surface area contributed by atoms with Crippen molar-refractivity contribution in [2.24, 2.45) is 5.92 Å². The van der Waals surface area contributed by atoms with Crippen LogP contribution in [0.2, 0.25) is 0 Å². The molecule has 1 aliphatic heterocycles. The van der Waals surface area contributed by atoms with Crippen LogP contribution in [-0.4, -0.2) is 24.7 Å². The first-order chi connectivity index (χ1) is 10.7. The van der Waals surface area contributed by atoms with E-state index in [2.05, 4.69) is 0 Å². The number of piperidine rings is 1. The van der Waals surface area contributed by atoms with Gasteiger partial charge >= 0.3 is 5.97 Å². The van der Waals surface area contributed by atoms with Gasteiger partial charge in [-0.3, -0.25) is 4.79 Å². The summed E-state index contributed by atoms with van der Waals surface area (Å²) in [6, 6.07) is 2.26. The molecule has 2 N–H and O–H groups in total. The van der Waals surface area contributed by atoms with Crippen molar-refractivity contribution in [2.75, 3.05) is 23.7 Å². The Kier molecular flexibility index (Phi) is 5.12. The van der Waals surface area contributed by atoms with Gasteiger partial charge in [-0.1, -0.05) is 0 Å². The maximum absolute atomic E-state index is 14.0. The second-order valence-corrected chi connectivity index (χ2v) is 7.05. The maximum atomic E-state index is 14.0. The number of benzene rings is 1. The number of ether oxygens (including phenoxy) is 1. The standard InChI is InChI=1S/C17H24F2N2O2/c1-17(2,3)23-15(22)8-11-4-6-21(7-5-11)16-13(18)9-12(20)10-14(16)19/h9-11H,4-8,20H2,1-3H3. The molecule has 0 radical (unpaired) electrons. The second-order valence-electron chi connectivity index (χ2n) is 7.05. The molecule has 1 aromatic carbocycles. The molecule has 23 heavy (non-hydrogen) atoms. The van der Waals surface area contributed by atoms with Gasteiger partial charge in [0.25, 0.3) is 0 Å². The molecule has 4 nitrogen and oxygen atoms in total. The van der Waals surface area contributed by atoms with Gasteiger partial charge in [0.2, 0.25) is 0 Å². The third kappa shape index (κ3) is 4.81. The summed E-state index contributed by atoms with van der Waals surface area (Å²) in [6.45, 7) is 6.51. The van der Waals surface area contributed by atoms with Crippen LogP contribution in [0.25, 0.3) is 0 Å². The lowest BCUT2D eigenvalue weighted by Crippen LogP contribution is -2.36. The van der Waals surface area contributed by atoms with Crippen molar-refractivity contribution in [3.05, 3.63) is 23.8 Å². The molecule has 1 saturated heterocycles. The number of hydrogen-bond donors (Lipinski definition) is 1. The largest absolute Gasteiger partial charge is 0.460 e. The van der Waals surface area contributed by atoms with Crippen molar-refractivity contribution in [2.45, 2.75) is 45.6 Å². The molecule has 0 spiro atoms. The highest BCUT2D eigenvalue weighted by molar-refractivity contribution is 5.70. The van der Waals surface area contributed by atoms with Crippen molar-refractivity contribution in [1.29, 1.82) is 0 Å². The first-order valence-electron chi connectivity index (χ1n) is 7.87. The minimum atomic E-state index is -0.645. The van der Waals surface area contributed by atoms with Crippen molar-refractivity contribution >= 4 is 17.3 Å². The van der Waals surface area contributed by atoms with Crippen LogP contribution in [0, 0.1) is 17.6 Å². The van der Waals surface area contributed by atoms with Crippen LogP contribution in [0.5, 0.6) is 0 Å². The minimum Gasteiger partial charge on any atom is -0.460 e. The molecular formula is C17H24F2N2O2. The highest BCUT2D eigenvalue weighted by Gasteiger charge is 2.27. The zero-order valence-electron chi connectivity index (χ0n) is 13.9. The molecule has 2 rings (SSSR count). The van der Waals surface area contributed by atoms with Gasteiger partial charge in [0, 0.05) is 25.2 Å². The van der Waals surface area contributed by atoms with Gasteiger partial charge in [-0.05, 0) is 51.7 Å². The van der Waals surface area contributed by atoms with Gasteiger partial charge in [0.1, 0.15) is 11.3 Å². The van der Waals surface area contributed by atoms with Crippen LogP contribution in [0.4, 0.5) is 20.2 Å². The Morgan fingerprint density at radius 1 is 1.26 bits per heavy atom. The van der Waals surface area contributed by atoms with E-state index in [0.29, 0.717) is 32.4 Å². The van der Waals surface area contributed by atoms with Crippen LogP contribution < -0.4 is 10.6 Å². The first-order valence-corrected chi connectivity index (χ1v) is 7.87. The fourth-order valence-corrected chi connectivity index (χ4v) is 2.87. The molecule has 0 unspecified atom stereocenters. The number of carbonyl (C=O) groups is 1. The van der Waals surface area contributed by atoms with Crippen LogP contribution in [0.3, 0.4) is 0 Å². The average molecular weight is 326 g/mol. The summed E-state index contributed by atoms with van der Waals surface area (Å²) in [4.78, 5) is 13.5. The normalized spacial score (nSPS) is 16.5. The van der Waals surface area contributed by atoms with Gasteiger partial charge in [0.15, 0.2) is 11.6 Å². The molecule has 0 bridgehead atoms. The highest BCUT2D eigenvalue weighted by Crippen LogP contribution is 2.31. The number of nitrogens with two attached hydrogens (primary N) is 1. The van der Waals surface area contributed by atoms with Gasteiger partial charge in [0.05, 0.1) is 0 Å². The molecule has 0 saturated carbocycles. The van der Waals surface area contributed by atoms with Crippen molar-refractivity contribution in [1.82, 2.24) is 0 Å². The van der Waals surface area contributed by atoms with Crippen molar-refractivity contribution < 1.29 is 18.3 Å². The first kappa shape index (κ1) is 17.5. The monoisotopic (exact) mass is 326 g/mol. The zero-order valence-corrected chi connectivity index (χ0v) is 13.9. The molecule has 1 aromatic rings. The lowest BCUT2D eigenvalue weighted by Gasteiger charge is -2.34. The highest BCUT2D eigenvalue weighted by atomic mass is 19.1.